The number of carbonyl (C=O) groups is 1. The Morgan fingerprint density at radius 1 is 1.32 bits per heavy atom. The van der Waals surface area contributed by atoms with Gasteiger partial charge in [-0.15, -0.1) is 0 Å². The van der Waals surface area contributed by atoms with Gasteiger partial charge in [-0.2, -0.15) is 0 Å². The van der Waals surface area contributed by atoms with Crippen LogP contribution in [0, 0.1) is 0 Å². The number of carboxylic acids is 1. The standard InChI is InChI=1S/C16H23NO2/c1-12(15(18)19)17-14-8-10-16(2,11-9-14)13-6-4-3-5-7-13/h3-7,12,14,17H,8-11H2,1-2H3,(H,18,19)/t12-,14?,16?/m1/s1. The first kappa shape index (κ1) is 14.1. The van der Waals surface area contributed by atoms with Crippen molar-refractivity contribution < 1.29 is 9.90 Å². The zero-order valence-electron chi connectivity index (χ0n) is 11.7. The van der Waals surface area contributed by atoms with E-state index in [0.717, 1.165) is 25.7 Å². The first-order chi connectivity index (χ1) is 9.01. The van der Waals surface area contributed by atoms with E-state index in [1.54, 1.807) is 6.92 Å². The Kier molecular flexibility index (Phi) is 4.25. The fourth-order valence-electron chi connectivity index (χ4n) is 2.98. The van der Waals surface area contributed by atoms with Crippen molar-refractivity contribution in [3.63, 3.8) is 0 Å². The third-order valence-corrected chi connectivity index (χ3v) is 4.42. The van der Waals surface area contributed by atoms with Gasteiger partial charge in [0, 0.05) is 6.04 Å². The molecule has 0 aromatic heterocycles. The monoisotopic (exact) mass is 261 g/mol. The topological polar surface area (TPSA) is 49.3 Å². The number of benzene rings is 1. The molecule has 0 amide bonds. The van der Waals surface area contributed by atoms with Gasteiger partial charge in [0.25, 0.3) is 0 Å². The van der Waals surface area contributed by atoms with Crippen LogP contribution in [-0.4, -0.2) is 23.2 Å². The summed E-state index contributed by atoms with van der Waals surface area (Å²) in [5.41, 5.74) is 1.64. The minimum absolute atomic E-state index is 0.242. The van der Waals surface area contributed by atoms with Crippen LogP contribution in [0.15, 0.2) is 30.3 Å². The SMILES string of the molecule is C[C@@H](NC1CCC(C)(c2ccccc2)CC1)C(=O)O. The fraction of sp³-hybridized carbons (Fsp3) is 0.562. The van der Waals surface area contributed by atoms with Crippen molar-refractivity contribution >= 4 is 5.97 Å². The van der Waals surface area contributed by atoms with Crippen molar-refractivity contribution in [1.82, 2.24) is 5.32 Å². The molecule has 0 heterocycles. The van der Waals surface area contributed by atoms with Gasteiger partial charge in [-0.3, -0.25) is 4.79 Å². The van der Waals surface area contributed by atoms with Crippen molar-refractivity contribution in [3.8, 4) is 0 Å². The van der Waals surface area contributed by atoms with Crippen LogP contribution in [0.2, 0.25) is 0 Å². The first-order valence-electron chi connectivity index (χ1n) is 7.06. The van der Waals surface area contributed by atoms with Crippen molar-refractivity contribution in [1.29, 1.82) is 0 Å². The largest absolute Gasteiger partial charge is 0.480 e. The van der Waals surface area contributed by atoms with Crippen LogP contribution in [-0.2, 0) is 10.2 Å². The molecule has 0 spiro atoms. The highest BCUT2D eigenvalue weighted by atomic mass is 16.4. The lowest BCUT2D eigenvalue weighted by atomic mass is 9.69. The van der Waals surface area contributed by atoms with E-state index in [1.165, 1.54) is 5.56 Å². The van der Waals surface area contributed by atoms with Gasteiger partial charge in [0.05, 0.1) is 0 Å². The maximum absolute atomic E-state index is 10.9. The highest BCUT2D eigenvalue weighted by Crippen LogP contribution is 2.38. The molecular weight excluding hydrogens is 238 g/mol. The summed E-state index contributed by atoms with van der Waals surface area (Å²) in [4.78, 5) is 10.9. The van der Waals surface area contributed by atoms with Crippen molar-refractivity contribution in [3.05, 3.63) is 35.9 Å². The summed E-state index contributed by atoms with van der Waals surface area (Å²) in [5, 5.41) is 12.1. The van der Waals surface area contributed by atoms with Gasteiger partial charge in [-0.1, -0.05) is 37.3 Å². The number of hydrogen-bond donors (Lipinski definition) is 2. The van der Waals surface area contributed by atoms with Gasteiger partial charge in [0.15, 0.2) is 0 Å². The number of nitrogens with one attached hydrogen (secondary N) is 1. The van der Waals surface area contributed by atoms with Gasteiger partial charge in [-0.25, -0.2) is 0 Å². The maximum atomic E-state index is 10.9. The molecule has 1 aromatic carbocycles. The summed E-state index contributed by atoms with van der Waals surface area (Å²) in [6.07, 6.45) is 4.31. The van der Waals surface area contributed by atoms with Crippen molar-refractivity contribution in [2.45, 2.75) is 57.0 Å². The van der Waals surface area contributed by atoms with E-state index in [-0.39, 0.29) is 5.41 Å². The number of aliphatic carboxylic acids is 1. The molecule has 3 heteroatoms. The van der Waals surface area contributed by atoms with E-state index in [0.29, 0.717) is 6.04 Å². The lowest BCUT2D eigenvalue weighted by Gasteiger charge is -2.38. The Morgan fingerprint density at radius 3 is 2.42 bits per heavy atom. The molecular formula is C16H23NO2. The molecule has 1 aliphatic rings. The average Bonchev–Trinajstić information content (AvgIpc) is 2.42. The Morgan fingerprint density at radius 2 is 1.89 bits per heavy atom. The van der Waals surface area contributed by atoms with E-state index in [2.05, 4.69) is 42.6 Å². The highest BCUT2D eigenvalue weighted by molar-refractivity contribution is 5.72. The minimum atomic E-state index is -0.767. The van der Waals surface area contributed by atoms with Gasteiger partial charge >= 0.3 is 5.97 Å². The molecule has 1 aromatic rings. The highest BCUT2D eigenvalue weighted by Gasteiger charge is 2.33. The molecule has 0 aliphatic heterocycles. The molecule has 2 N–H and O–H groups in total. The van der Waals surface area contributed by atoms with Crippen LogP contribution in [0.1, 0.15) is 45.1 Å². The molecule has 1 saturated carbocycles. The third kappa shape index (κ3) is 3.35. The predicted molar refractivity (Wildman–Crippen MR) is 76.3 cm³/mol. The lowest BCUT2D eigenvalue weighted by molar-refractivity contribution is -0.139. The predicted octanol–water partition coefficient (Wildman–Crippen LogP) is 2.95. The second-order valence-corrected chi connectivity index (χ2v) is 5.93. The normalized spacial score (nSPS) is 28.8. The van der Waals surface area contributed by atoms with E-state index < -0.39 is 12.0 Å². The summed E-state index contributed by atoms with van der Waals surface area (Å²) in [7, 11) is 0. The molecule has 104 valence electrons. The maximum Gasteiger partial charge on any atom is 0.320 e. The van der Waals surface area contributed by atoms with Crippen LogP contribution in [0.3, 0.4) is 0 Å². The molecule has 1 aliphatic carbocycles. The summed E-state index contributed by atoms with van der Waals surface area (Å²) in [5.74, 6) is -0.767. The average molecular weight is 261 g/mol. The molecule has 0 bridgehead atoms. The number of hydrogen-bond acceptors (Lipinski definition) is 2. The molecule has 2 rings (SSSR count). The molecule has 1 atom stereocenters. The van der Waals surface area contributed by atoms with Gasteiger partial charge < -0.3 is 10.4 Å². The van der Waals surface area contributed by atoms with Crippen molar-refractivity contribution in [2.75, 3.05) is 0 Å². The summed E-state index contributed by atoms with van der Waals surface area (Å²) in [6.45, 7) is 4.03. The van der Waals surface area contributed by atoms with Crippen LogP contribution in [0.25, 0.3) is 0 Å². The molecule has 0 saturated heterocycles. The number of rotatable bonds is 4. The van der Waals surface area contributed by atoms with E-state index >= 15 is 0 Å². The van der Waals surface area contributed by atoms with Crippen LogP contribution in [0.5, 0.6) is 0 Å². The smallest absolute Gasteiger partial charge is 0.320 e. The molecule has 3 nitrogen and oxygen atoms in total. The number of carboxylic acid groups (broad SMARTS) is 1. The summed E-state index contributed by atoms with van der Waals surface area (Å²) < 4.78 is 0. The van der Waals surface area contributed by atoms with E-state index in [4.69, 9.17) is 5.11 Å². The molecule has 0 unspecified atom stereocenters. The zero-order chi connectivity index (χ0) is 13.9. The van der Waals surface area contributed by atoms with E-state index in [1.807, 2.05) is 0 Å². The van der Waals surface area contributed by atoms with Gasteiger partial charge in [-0.05, 0) is 43.6 Å². The Labute approximate surface area is 115 Å². The molecule has 0 radical (unpaired) electrons. The quantitative estimate of drug-likeness (QED) is 0.876. The summed E-state index contributed by atoms with van der Waals surface area (Å²) in [6, 6.07) is 10.5. The zero-order valence-corrected chi connectivity index (χ0v) is 11.7. The van der Waals surface area contributed by atoms with Crippen LogP contribution < -0.4 is 5.32 Å². The molecule has 1 fully saturated rings. The van der Waals surface area contributed by atoms with Crippen LogP contribution in [0.4, 0.5) is 0 Å². The van der Waals surface area contributed by atoms with Gasteiger partial charge in [0.2, 0.25) is 0 Å². The third-order valence-electron chi connectivity index (χ3n) is 4.42. The summed E-state index contributed by atoms with van der Waals surface area (Å²) >= 11 is 0. The van der Waals surface area contributed by atoms with Gasteiger partial charge in [0.1, 0.15) is 6.04 Å². The Balaban J connectivity index is 1.94. The van der Waals surface area contributed by atoms with E-state index in [9.17, 15) is 4.79 Å². The van der Waals surface area contributed by atoms with Crippen molar-refractivity contribution in [2.24, 2.45) is 0 Å². The Bertz CT molecular complexity index is 422. The van der Waals surface area contributed by atoms with Crippen LogP contribution >= 0.6 is 0 Å². The first-order valence-corrected chi connectivity index (χ1v) is 7.06. The second kappa shape index (κ2) is 5.74. The minimum Gasteiger partial charge on any atom is -0.480 e. The Hall–Kier alpha value is -1.35. The second-order valence-electron chi connectivity index (χ2n) is 5.93. The lowest BCUT2D eigenvalue weighted by Crippen LogP contribution is -2.45. The molecule has 19 heavy (non-hydrogen) atoms. The fourth-order valence-corrected chi connectivity index (χ4v) is 2.98.